The van der Waals surface area contributed by atoms with Crippen molar-refractivity contribution in [3.63, 3.8) is 0 Å². The summed E-state index contributed by atoms with van der Waals surface area (Å²) in [6, 6.07) is 7.01. The van der Waals surface area contributed by atoms with E-state index in [0.29, 0.717) is 11.5 Å². The monoisotopic (exact) mass is 238 g/mol. The molecule has 0 aliphatic heterocycles. The maximum absolute atomic E-state index is 14.1. The zero-order valence-corrected chi connectivity index (χ0v) is 10.8. The van der Waals surface area contributed by atoms with Crippen LogP contribution in [0.3, 0.4) is 0 Å². The Morgan fingerprint density at radius 2 is 1.88 bits per heavy atom. The van der Waals surface area contributed by atoms with Crippen LogP contribution in [0.2, 0.25) is 0 Å². The standard InChI is InChI=1S/C14H19FO2/c1-10(2)9-11-5-7-12(8-6-11)14(3,15)13(16)17-4/h5-8,10H,9H2,1-4H3/t14-/m0/s1. The Balaban J connectivity index is 2.90. The van der Waals surface area contributed by atoms with Crippen LogP contribution in [0.15, 0.2) is 24.3 Å². The van der Waals surface area contributed by atoms with E-state index in [1.54, 1.807) is 12.1 Å². The Kier molecular flexibility index (Phi) is 4.27. The average molecular weight is 238 g/mol. The van der Waals surface area contributed by atoms with Gasteiger partial charge in [-0.1, -0.05) is 38.1 Å². The second-order valence-corrected chi connectivity index (χ2v) is 4.79. The van der Waals surface area contributed by atoms with Gasteiger partial charge in [-0.05, 0) is 24.8 Å². The molecule has 0 unspecified atom stereocenters. The summed E-state index contributed by atoms with van der Waals surface area (Å²) < 4.78 is 18.6. The summed E-state index contributed by atoms with van der Waals surface area (Å²) in [6.07, 6.45) is 0.946. The molecule has 1 atom stereocenters. The minimum atomic E-state index is -2.08. The molecule has 0 N–H and O–H groups in total. The van der Waals surface area contributed by atoms with Gasteiger partial charge in [0.1, 0.15) is 0 Å². The summed E-state index contributed by atoms with van der Waals surface area (Å²) in [6.45, 7) is 5.47. The maximum atomic E-state index is 14.1. The number of carbonyl (C=O) groups excluding carboxylic acids is 1. The molecular formula is C14H19FO2. The zero-order valence-electron chi connectivity index (χ0n) is 10.8. The Labute approximate surface area is 102 Å². The molecule has 3 heteroatoms. The van der Waals surface area contributed by atoms with E-state index in [4.69, 9.17) is 0 Å². The molecule has 2 nitrogen and oxygen atoms in total. The molecule has 1 rings (SSSR count). The number of alkyl halides is 1. The van der Waals surface area contributed by atoms with Crippen molar-refractivity contribution in [3.8, 4) is 0 Å². The molecule has 0 spiro atoms. The van der Waals surface area contributed by atoms with E-state index in [-0.39, 0.29) is 0 Å². The lowest BCUT2D eigenvalue weighted by atomic mass is 9.95. The lowest BCUT2D eigenvalue weighted by Crippen LogP contribution is -2.28. The number of hydrogen-bond acceptors (Lipinski definition) is 2. The fourth-order valence-electron chi connectivity index (χ4n) is 1.73. The molecule has 0 bridgehead atoms. The lowest BCUT2D eigenvalue weighted by Gasteiger charge is -2.18. The van der Waals surface area contributed by atoms with Gasteiger partial charge in [0.05, 0.1) is 7.11 Å². The molecule has 0 heterocycles. The van der Waals surface area contributed by atoms with Crippen LogP contribution in [0.5, 0.6) is 0 Å². The van der Waals surface area contributed by atoms with Crippen molar-refractivity contribution in [1.29, 1.82) is 0 Å². The van der Waals surface area contributed by atoms with Crippen molar-refractivity contribution in [2.45, 2.75) is 32.9 Å². The maximum Gasteiger partial charge on any atom is 0.348 e. The van der Waals surface area contributed by atoms with Crippen LogP contribution in [0, 0.1) is 5.92 Å². The molecule has 0 aromatic heterocycles. The highest BCUT2D eigenvalue weighted by atomic mass is 19.1. The summed E-state index contributed by atoms with van der Waals surface area (Å²) >= 11 is 0. The number of hydrogen-bond donors (Lipinski definition) is 0. The highest BCUT2D eigenvalue weighted by molar-refractivity contribution is 5.80. The minimum Gasteiger partial charge on any atom is -0.466 e. The summed E-state index contributed by atoms with van der Waals surface area (Å²) in [5.41, 5.74) is -0.605. The van der Waals surface area contributed by atoms with Gasteiger partial charge in [0.2, 0.25) is 5.67 Å². The third-order valence-corrected chi connectivity index (χ3v) is 2.71. The second kappa shape index (κ2) is 5.30. The largest absolute Gasteiger partial charge is 0.466 e. The number of benzene rings is 1. The van der Waals surface area contributed by atoms with Crippen LogP contribution >= 0.6 is 0 Å². The SMILES string of the molecule is COC(=O)[C@@](C)(F)c1ccc(CC(C)C)cc1. The van der Waals surface area contributed by atoms with Gasteiger partial charge in [0.15, 0.2) is 0 Å². The van der Waals surface area contributed by atoms with Crippen molar-refractivity contribution < 1.29 is 13.9 Å². The van der Waals surface area contributed by atoms with Gasteiger partial charge in [-0.2, -0.15) is 0 Å². The fraction of sp³-hybridized carbons (Fsp3) is 0.500. The van der Waals surface area contributed by atoms with Crippen molar-refractivity contribution in [2.24, 2.45) is 5.92 Å². The summed E-state index contributed by atoms with van der Waals surface area (Å²) in [4.78, 5) is 11.3. The quantitative estimate of drug-likeness (QED) is 0.753. The van der Waals surface area contributed by atoms with Gasteiger partial charge in [-0.15, -0.1) is 0 Å². The molecule has 0 aliphatic rings. The normalized spacial score (nSPS) is 14.5. The number of carbonyl (C=O) groups is 1. The summed E-state index contributed by atoms with van der Waals surface area (Å²) in [5.74, 6) is -0.313. The van der Waals surface area contributed by atoms with Crippen LogP contribution in [-0.2, 0) is 21.6 Å². The molecule has 94 valence electrons. The first-order valence-electron chi connectivity index (χ1n) is 5.74. The molecule has 0 saturated carbocycles. The van der Waals surface area contributed by atoms with Gasteiger partial charge in [-0.25, -0.2) is 9.18 Å². The van der Waals surface area contributed by atoms with Crippen LogP contribution in [0.4, 0.5) is 4.39 Å². The molecule has 0 saturated heterocycles. The molecule has 17 heavy (non-hydrogen) atoms. The van der Waals surface area contributed by atoms with E-state index in [1.165, 1.54) is 14.0 Å². The Morgan fingerprint density at radius 3 is 2.29 bits per heavy atom. The van der Waals surface area contributed by atoms with Crippen LogP contribution < -0.4 is 0 Å². The van der Waals surface area contributed by atoms with Crippen LogP contribution in [0.1, 0.15) is 31.9 Å². The number of halogens is 1. The number of esters is 1. The van der Waals surface area contributed by atoms with Crippen molar-refractivity contribution in [3.05, 3.63) is 35.4 Å². The molecular weight excluding hydrogens is 219 g/mol. The number of rotatable bonds is 4. The number of ether oxygens (including phenoxy) is 1. The zero-order chi connectivity index (χ0) is 13.1. The smallest absolute Gasteiger partial charge is 0.348 e. The van der Waals surface area contributed by atoms with Crippen LogP contribution in [0.25, 0.3) is 0 Å². The Hall–Kier alpha value is -1.38. The third kappa shape index (κ3) is 3.29. The van der Waals surface area contributed by atoms with Crippen LogP contribution in [-0.4, -0.2) is 13.1 Å². The Morgan fingerprint density at radius 1 is 1.35 bits per heavy atom. The van der Waals surface area contributed by atoms with Crippen molar-refractivity contribution >= 4 is 5.97 Å². The number of methoxy groups -OCH3 is 1. The minimum absolute atomic E-state index is 0.330. The molecule has 0 fully saturated rings. The van der Waals surface area contributed by atoms with Gasteiger partial charge < -0.3 is 4.74 Å². The highest BCUT2D eigenvalue weighted by Gasteiger charge is 2.36. The topological polar surface area (TPSA) is 26.3 Å². The predicted octanol–water partition coefficient (Wildman–Crippen LogP) is 3.24. The molecule has 0 aliphatic carbocycles. The van der Waals surface area contributed by atoms with Gasteiger partial charge in [0.25, 0.3) is 0 Å². The molecule has 1 aromatic carbocycles. The van der Waals surface area contributed by atoms with E-state index >= 15 is 0 Å². The van der Waals surface area contributed by atoms with Gasteiger partial charge >= 0.3 is 5.97 Å². The van der Waals surface area contributed by atoms with E-state index < -0.39 is 11.6 Å². The average Bonchev–Trinajstić information content (AvgIpc) is 2.27. The van der Waals surface area contributed by atoms with Crippen molar-refractivity contribution in [1.82, 2.24) is 0 Å². The Bertz CT molecular complexity index is 380. The molecule has 1 aromatic rings. The summed E-state index contributed by atoms with van der Waals surface area (Å²) in [7, 11) is 1.19. The van der Waals surface area contributed by atoms with E-state index in [1.807, 2.05) is 12.1 Å². The third-order valence-electron chi connectivity index (χ3n) is 2.71. The van der Waals surface area contributed by atoms with E-state index in [9.17, 15) is 9.18 Å². The lowest BCUT2D eigenvalue weighted by molar-refractivity contribution is -0.154. The van der Waals surface area contributed by atoms with Gasteiger partial charge in [0, 0.05) is 5.56 Å². The summed E-state index contributed by atoms with van der Waals surface area (Å²) in [5, 5.41) is 0. The first-order valence-corrected chi connectivity index (χ1v) is 5.74. The highest BCUT2D eigenvalue weighted by Crippen LogP contribution is 2.27. The second-order valence-electron chi connectivity index (χ2n) is 4.79. The van der Waals surface area contributed by atoms with E-state index in [0.717, 1.165) is 12.0 Å². The molecule has 0 amide bonds. The van der Waals surface area contributed by atoms with Crippen molar-refractivity contribution in [2.75, 3.05) is 7.11 Å². The first-order chi connectivity index (χ1) is 7.87. The molecule has 0 radical (unpaired) electrons. The fourth-order valence-corrected chi connectivity index (χ4v) is 1.73. The van der Waals surface area contributed by atoms with Gasteiger partial charge in [-0.3, -0.25) is 0 Å². The first kappa shape index (κ1) is 13.7. The van der Waals surface area contributed by atoms with E-state index in [2.05, 4.69) is 18.6 Å². The predicted molar refractivity (Wildman–Crippen MR) is 65.5 cm³/mol.